The molecule has 1 aliphatic rings. The van der Waals surface area contributed by atoms with Crippen molar-refractivity contribution in [3.8, 4) is 0 Å². The van der Waals surface area contributed by atoms with Crippen molar-refractivity contribution in [2.24, 2.45) is 0 Å². The Morgan fingerprint density at radius 3 is 2.37 bits per heavy atom. The van der Waals surface area contributed by atoms with Gasteiger partial charge in [0.15, 0.2) is 0 Å². The van der Waals surface area contributed by atoms with Crippen LogP contribution in [-0.4, -0.2) is 39.3 Å². The molecule has 2 N–H and O–H groups in total. The van der Waals surface area contributed by atoms with Crippen molar-refractivity contribution in [3.63, 3.8) is 0 Å². The van der Waals surface area contributed by atoms with Gasteiger partial charge in [0.2, 0.25) is 10.0 Å². The number of anilines is 1. The van der Waals surface area contributed by atoms with Crippen molar-refractivity contribution in [2.45, 2.75) is 30.8 Å². The van der Waals surface area contributed by atoms with Crippen LogP contribution in [0.25, 0.3) is 0 Å². The smallest absolute Gasteiger partial charge is 0.240 e. The molecule has 1 aromatic carbocycles. The summed E-state index contributed by atoms with van der Waals surface area (Å²) in [5.74, 6) is 0. The van der Waals surface area contributed by atoms with E-state index in [0.717, 1.165) is 31.6 Å². The van der Waals surface area contributed by atoms with E-state index in [1.165, 1.54) is 0 Å². The normalized spacial score (nSPS) is 17.7. The quantitative estimate of drug-likeness (QED) is 0.863. The second-order valence-corrected chi connectivity index (χ2v) is 6.48. The zero-order chi connectivity index (χ0) is 13.9. The number of rotatable bonds is 4. The highest BCUT2D eigenvalue weighted by Gasteiger charge is 2.18. The summed E-state index contributed by atoms with van der Waals surface area (Å²) >= 11 is 0. The zero-order valence-electron chi connectivity index (χ0n) is 11.0. The molecule has 0 radical (unpaired) electrons. The summed E-state index contributed by atoms with van der Waals surface area (Å²) in [4.78, 5) is 2.45. The van der Waals surface area contributed by atoms with Gasteiger partial charge < -0.3 is 10.0 Å². The molecular formula is C13H20N2O3S. The first-order valence-electron chi connectivity index (χ1n) is 6.55. The first-order valence-corrected chi connectivity index (χ1v) is 8.04. The van der Waals surface area contributed by atoms with Crippen LogP contribution in [0, 0.1) is 0 Å². The van der Waals surface area contributed by atoms with Crippen LogP contribution in [0.15, 0.2) is 29.2 Å². The zero-order valence-corrected chi connectivity index (χ0v) is 11.9. The second-order valence-electron chi connectivity index (χ2n) is 4.71. The molecule has 2 rings (SSSR count). The summed E-state index contributed by atoms with van der Waals surface area (Å²) in [5, 5.41) is 9.47. The molecule has 0 aliphatic carbocycles. The predicted octanol–water partition coefficient (Wildman–Crippen LogP) is 0.946. The Labute approximate surface area is 114 Å². The molecule has 1 saturated heterocycles. The van der Waals surface area contributed by atoms with Gasteiger partial charge >= 0.3 is 0 Å². The number of hydrogen-bond donors (Lipinski definition) is 2. The molecule has 1 aliphatic heterocycles. The maximum absolute atomic E-state index is 11.8. The van der Waals surface area contributed by atoms with Crippen molar-refractivity contribution in [3.05, 3.63) is 24.3 Å². The number of piperidine rings is 1. The van der Waals surface area contributed by atoms with Gasteiger partial charge in [-0.25, -0.2) is 13.1 Å². The van der Waals surface area contributed by atoms with Crippen LogP contribution in [0.2, 0.25) is 0 Å². The summed E-state index contributed by atoms with van der Waals surface area (Å²) < 4.78 is 26.1. The lowest BCUT2D eigenvalue weighted by atomic mass is 10.1. The average Bonchev–Trinajstić information content (AvgIpc) is 2.40. The molecule has 1 aromatic rings. The summed E-state index contributed by atoms with van der Waals surface area (Å²) in [6.07, 6.45) is 1.32. The largest absolute Gasteiger partial charge is 0.393 e. The van der Waals surface area contributed by atoms with Gasteiger partial charge in [0.1, 0.15) is 0 Å². The molecule has 0 amide bonds. The molecule has 0 aromatic heterocycles. The van der Waals surface area contributed by atoms with Gasteiger partial charge in [-0.3, -0.25) is 0 Å². The number of benzene rings is 1. The van der Waals surface area contributed by atoms with Crippen molar-refractivity contribution in [1.82, 2.24) is 4.72 Å². The van der Waals surface area contributed by atoms with Gasteiger partial charge in [0, 0.05) is 25.3 Å². The van der Waals surface area contributed by atoms with E-state index in [4.69, 9.17) is 0 Å². The summed E-state index contributed by atoms with van der Waals surface area (Å²) in [6, 6.07) is 6.89. The first kappa shape index (κ1) is 14.3. The van der Waals surface area contributed by atoms with E-state index in [1.54, 1.807) is 19.1 Å². The lowest BCUT2D eigenvalue weighted by Crippen LogP contribution is -2.35. The molecule has 0 spiro atoms. The van der Waals surface area contributed by atoms with E-state index in [2.05, 4.69) is 9.62 Å². The van der Waals surface area contributed by atoms with Gasteiger partial charge in [-0.2, -0.15) is 0 Å². The molecule has 1 fully saturated rings. The Morgan fingerprint density at radius 1 is 1.26 bits per heavy atom. The number of aliphatic hydroxyl groups excluding tert-OH is 1. The topological polar surface area (TPSA) is 69.6 Å². The average molecular weight is 284 g/mol. The molecule has 0 bridgehead atoms. The molecule has 5 nitrogen and oxygen atoms in total. The van der Waals surface area contributed by atoms with Crippen LogP contribution in [0.1, 0.15) is 19.8 Å². The van der Waals surface area contributed by atoms with Crippen molar-refractivity contribution >= 4 is 15.7 Å². The molecule has 0 atom stereocenters. The van der Waals surface area contributed by atoms with E-state index in [-0.39, 0.29) is 11.0 Å². The Bertz CT molecular complexity index is 505. The molecule has 0 unspecified atom stereocenters. The fourth-order valence-corrected chi connectivity index (χ4v) is 3.27. The highest BCUT2D eigenvalue weighted by Crippen LogP contribution is 2.21. The fraction of sp³-hybridized carbons (Fsp3) is 0.538. The Kier molecular flexibility index (Phi) is 4.44. The number of aliphatic hydroxyl groups is 1. The minimum Gasteiger partial charge on any atom is -0.393 e. The van der Waals surface area contributed by atoms with Crippen LogP contribution in [0.4, 0.5) is 5.69 Å². The number of nitrogens with zero attached hydrogens (tertiary/aromatic N) is 1. The fourth-order valence-electron chi connectivity index (χ4n) is 2.23. The third-order valence-corrected chi connectivity index (χ3v) is 4.87. The molecule has 19 heavy (non-hydrogen) atoms. The molecule has 0 saturated carbocycles. The lowest BCUT2D eigenvalue weighted by molar-refractivity contribution is 0.145. The predicted molar refractivity (Wildman–Crippen MR) is 74.8 cm³/mol. The minimum atomic E-state index is -3.38. The number of nitrogens with one attached hydrogen (secondary N) is 1. The van der Waals surface area contributed by atoms with Crippen molar-refractivity contribution < 1.29 is 13.5 Å². The van der Waals surface area contributed by atoms with Crippen molar-refractivity contribution in [2.75, 3.05) is 24.5 Å². The monoisotopic (exact) mass is 284 g/mol. The van der Waals surface area contributed by atoms with E-state index in [0.29, 0.717) is 6.54 Å². The number of sulfonamides is 1. The maximum Gasteiger partial charge on any atom is 0.240 e. The van der Waals surface area contributed by atoms with Crippen LogP contribution in [0.3, 0.4) is 0 Å². The Hall–Kier alpha value is -1.11. The van der Waals surface area contributed by atoms with E-state index < -0.39 is 10.0 Å². The SMILES string of the molecule is CCNS(=O)(=O)c1ccc(N2CCC(O)CC2)cc1. The van der Waals surface area contributed by atoms with Gasteiger partial charge in [0.25, 0.3) is 0 Å². The summed E-state index contributed by atoms with van der Waals surface area (Å²) in [7, 11) is -3.38. The van der Waals surface area contributed by atoms with Gasteiger partial charge in [-0.05, 0) is 37.1 Å². The maximum atomic E-state index is 11.8. The standard InChI is InChI=1S/C13H20N2O3S/c1-2-14-19(17,18)13-5-3-11(4-6-13)15-9-7-12(16)8-10-15/h3-6,12,14,16H,2,7-10H2,1H3. The minimum absolute atomic E-state index is 0.204. The molecule has 106 valence electrons. The van der Waals surface area contributed by atoms with Gasteiger partial charge in [0.05, 0.1) is 11.0 Å². The first-order chi connectivity index (χ1) is 9.03. The third kappa shape index (κ3) is 3.46. The highest BCUT2D eigenvalue weighted by atomic mass is 32.2. The highest BCUT2D eigenvalue weighted by molar-refractivity contribution is 7.89. The Balaban J connectivity index is 2.10. The van der Waals surface area contributed by atoms with E-state index in [9.17, 15) is 13.5 Å². The van der Waals surface area contributed by atoms with Crippen LogP contribution in [-0.2, 0) is 10.0 Å². The number of hydrogen-bond acceptors (Lipinski definition) is 4. The lowest BCUT2D eigenvalue weighted by Gasteiger charge is -2.31. The van der Waals surface area contributed by atoms with Gasteiger partial charge in [-0.15, -0.1) is 0 Å². The summed E-state index contributed by atoms with van der Waals surface area (Å²) in [5.41, 5.74) is 1.00. The molecule has 1 heterocycles. The van der Waals surface area contributed by atoms with Crippen LogP contribution >= 0.6 is 0 Å². The van der Waals surface area contributed by atoms with Crippen LogP contribution < -0.4 is 9.62 Å². The van der Waals surface area contributed by atoms with Crippen molar-refractivity contribution in [1.29, 1.82) is 0 Å². The molecule has 6 heteroatoms. The summed E-state index contributed by atoms with van der Waals surface area (Å²) in [6.45, 7) is 3.75. The van der Waals surface area contributed by atoms with E-state index in [1.807, 2.05) is 12.1 Å². The Morgan fingerprint density at radius 2 is 1.84 bits per heavy atom. The molecular weight excluding hydrogens is 264 g/mol. The van der Waals surface area contributed by atoms with E-state index >= 15 is 0 Å². The second kappa shape index (κ2) is 5.90. The van der Waals surface area contributed by atoms with Gasteiger partial charge in [-0.1, -0.05) is 6.92 Å². The van der Waals surface area contributed by atoms with Crippen LogP contribution in [0.5, 0.6) is 0 Å². The third-order valence-electron chi connectivity index (χ3n) is 3.31.